The summed E-state index contributed by atoms with van der Waals surface area (Å²) in [4.78, 5) is 0. The number of benzene rings is 1. The molecule has 0 bridgehead atoms. The Kier molecular flexibility index (Phi) is 4.56. The molecule has 5 heteroatoms. The molecular weight excluding hydrogens is 196 g/mol. The van der Waals surface area contributed by atoms with Gasteiger partial charge in [-0.15, -0.1) is 0 Å². The first-order valence-corrected chi connectivity index (χ1v) is 4.53. The van der Waals surface area contributed by atoms with Crippen LogP contribution in [0.3, 0.4) is 0 Å². The van der Waals surface area contributed by atoms with Gasteiger partial charge in [-0.05, 0) is 12.1 Å². The predicted molar refractivity (Wildman–Crippen MR) is 56.0 cm³/mol. The van der Waals surface area contributed by atoms with E-state index in [9.17, 15) is 0 Å². The zero-order chi connectivity index (χ0) is 11.1. The third kappa shape index (κ3) is 3.21. The molecule has 0 aliphatic rings. The number of ether oxygens (including phenoxy) is 2. The van der Waals surface area contributed by atoms with E-state index in [1.54, 1.807) is 32.4 Å². The van der Waals surface area contributed by atoms with Crippen molar-refractivity contribution in [3.63, 3.8) is 0 Å². The quantitative estimate of drug-likeness (QED) is 0.753. The zero-order valence-electron chi connectivity index (χ0n) is 8.80. The minimum Gasteiger partial charge on any atom is -0.497 e. The van der Waals surface area contributed by atoms with Gasteiger partial charge in [0.05, 0.1) is 13.7 Å². The van der Waals surface area contributed by atoms with Crippen molar-refractivity contribution in [2.24, 2.45) is 10.2 Å². The second-order valence-electron chi connectivity index (χ2n) is 2.71. The van der Waals surface area contributed by atoms with Gasteiger partial charge in [0.1, 0.15) is 18.0 Å². The van der Waals surface area contributed by atoms with E-state index >= 15 is 0 Å². The lowest BCUT2D eigenvalue weighted by atomic mass is 10.3. The second kappa shape index (κ2) is 5.98. The molecule has 1 rings (SSSR count). The summed E-state index contributed by atoms with van der Waals surface area (Å²) in [5.41, 5.74) is 0.617. The van der Waals surface area contributed by atoms with E-state index in [0.717, 1.165) is 0 Å². The summed E-state index contributed by atoms with van der Waals surface area (Å²) < 4.78 is 10.4. The van der Waals surface area contributed by atoms with Crippen LogP contribution < -0.4 is 9.47 Å². The Morgan fingerprint density at radius 1 is 1.40 bits per heavy atom. The fourth-order valence-electron chi connectivity index (χ4n) is 1.08. The lowest BCUT2D eigenvalue weighted by Gasteiger charge is -2.08. The maximum atomic E-state index is 8.66. The van der Waals surface area contributed by atoms with Gasteiger partial charge in [-0.2, -0.15) is 10.2 Å². The van der Waals surface area contributed by atoms with Crippen LogP contribution in [-0.4, -0.2) is 32.5 Å². The molecule has 0 amide bonds. The average Bonchev–Trinajstić information content (AvgIpc) is 2.28. The molecule has 1 aromatic rings. The number of hydrogen-bond acceptors (Lipinski definition) is 5. The van der Waals surface area contributed by atoms with Crippen LogP contribution in [-0.2, 0) is 0 Å². The Balaban J connectivity index is 2.93. The van der Waals surface area contributed by atoms with Gasteiger partial charge in [0, 0.05) is 13.1 Å². The highest BCUT2D eigenvalue weighted by Gasteiger charge is 2.04. The van der Waals surface area contributed by atoms with E-state index in [2.05, 4.69) is 10.2 Å². The molecule has 1 aromatic carbocycles. The number of aliphatic hydroxyl groups is 1. The minimum atomic E-state index is -0.0417. The van der Waals surface area contributed by atoms with E-state index in [1.807, 2.05) is 0 Å². The van der Waals surface area contributed by atoms with Crippen LogP contribution in [0.25, 0.3) is 0 Å². The molecule has 82 valence electrons. The largest absolute Gasteiger partial charge is 0.497 e. The van der Waals surface area contributed by atoms with Crippen LogP contribution >= 0.6 is 0 Å². The van der Waals surface area contributed by atoms with E-state index in [4.69, 9.17) is 14.6 Å². The highest BCUT2D eigenvalue weighted by atomic mass is 16.5. The van der Waals surface area contributed by atoms with Crippen molar-refractivity contribution in [2.45, 2.75) is 0 Å². The maximum Gasteiger partial charge on any atom is 0.150 e. The molecule has 1 N–H and O–H groups in total. The molecule has 5 nitrogen and oxygen atoms in total. The number of nitrogens with zero attached hydrogens (tertiary/aromatic N) is 2. The normalized spacial score (nSPS) is 10.6. The third-order valence-corrected chi connectivity index (χ3v) is 1.72. The van der Waals surface area contributed by atoms with Crippen molar-refractivity contribution in [1.82, 2.24) is 0 Å². The third-order valence-electron chi connectivity index (χ3n) is 1.72. The predicted octanol–water partition coefficient (Wildman–Crippen LogP) is 1.78. The lowest BCUT2D eigenvalue weighted by Crippen LogP contribution is -2.01. The van der Waals surface area contributed by atoms with Crippen LogP contribution in [0, 0.1) is 0 Å². The summed E-state index contributed by atoms with van der Waals surface area (Å²) in [5.74, 6) is 1.23. The second-order valence-corrected chi connectivity index (χ2v) is 2.71. The fraction of sp³-hybridized carbons (Fsp3) is 0.400. The molecule has 0 unspecified atom stereocenters. The molecule has 0 saturated heterocycles. The van der Waals surface area contributed by atoms with Crippen LogP contribution in [0.15, 0.2) is 28.4 Å². The van der Waals surface area contributed by atoms with E-state index in [-0.39, 0.29) is 13.2 Å². The van der Waals surface area contributed by atoms with Crippen molar-refractivity contribution in [3.05, 3.63) is 18.2 Å². The summed E-state index contributed by atoms with van der Waals surface area (Å²) in [6, 6.07) is 5.23. The molecule has 0 atom stereocenters. The number of methoxy groups -OCH3 is 1. The number of azo groups is 1. The van der Waals surface area contributed by atoms with Crippen molar-refractivity contribution >= 4 is 5.69 Å². The van der Waals surface area contributed by atoms with Gasteiger partial charge >= 0.3 is 0 Å². The maximum absolute atomic E-state index is 8.66. The number of aliphatic hydroxyl groups excluding tert-OH is 1. The Bertz CT molecular complexity index is 339. The molecule has 0 fully saturated rings. The Hall–Kier alpha value is -1.62. The number of hydrogen-bond donors (Lipinski definition) is 1. The first-order valence-electron chi connectivity index (χ1n) is 4.53. The Morgan fingerprint density at radius 3 is 2.80 bits per heavy atom. The van der Waals surface area contributed by atoms with Gasteiger partial charge in [0.15, 0.2) is 5.75 Å². The smallest absolute Gasteiger partial charge is 0.150 e. The molecule has 0 radical (unpaired) electrons. The summed E-state index contributed by atoms with van der Waals surface area (Å²) in [5, 5.41) is 16.2. The van der Waals surface area contributed by atoms with Crippen LogP contribution in [0.5, 0.6) is 11.5 Å². The number of rotatable bonds is 5. The van der Waals surface area contributed by atoms with Crippen molar-refractivity contribution < 1.29 is 14.6 Å². The summed E-state index contributed by atoms with van der Waals surface area (Å²) >= 11 is 0. The molecular formula is C10H14N2O3. The lowest BCUT2D eigenvalue weighted by molar-refractivity contribution is 0.201. The van der Waals surface area contributed by atoms with Gasteiger partial charge in [-0.25, -0.2) is 0 Å². The van der Waals surface area contributed by atoms with Gasteiger partial charge < -0.3 is 14.6 Å². The zero-order valence-corrected chi connectivity index (χ0v) is 8.80. The molecule has 0 spiro atoms. The molecule has 15 heavy (non-hydrogen) atoms. The van der Waals surface area contributed by atoms with Crippen LogP contribution in [0.4, 0.5) is 5.69 Å². The highest BCUT2D eigenvalue weighted by molar-refractivity contribution is 5.54. The molecule has 0 saturated carbocycles. The Labute approximate surface area is 88.4 Å². The van der Waals surface area contributed by atoms with Crippen LogP contribution in [0.1, 0.15) is 0 Å². The highest BCUT2D eigenvalue weighted by Crippen LogP contribution is 2.31. The Morgan fingerprint density at radius 2 is 2.20 bits per heavy atom. The fourth-order valence-corrected chi connectivity index (χ4v) is 1.08. The van der Waals surface area contributed by atoms with Crippen molar-refractivity contribution in [3.8, 4) is 11.5 Å². The first-order chi connectivity index (χ1) is 7.31. The van der Waals surface area contributed by atoms with E-state index < -0.39 is 0 Å². The van der Waals surface area contributed by atoms with Crippen molar-refractivity contribution in [1.29, 1.82) is 0 Å². The molecule has 0 aliphatic heterocycles. The average molecular weight is 210 g/mol. The van der Waals surface area contributed by atoms with Crippen LogP contribution in [0.2, 0.25) is 0 Å². The topological polar surface area (TPSA) is 63.4 Å². The van der Waals surface area contributed by atoms with Gasteiger partial charge in [-0.1, -0.05) is 0 Å². The SMILES string of the molecule is C/N=N\c1ccc(OC)cc1OCCO. The monoisotopic (exact) mass is 210 g/mol. The van der Waals surface area contributed by atoms with Gasteiger partial charge in [0.2, 0.25) is 0 Å². The van der Waals surface area contributed by atoms with E-state index in [1.165, 1.54) is 0 Å². The molecule has 0 aliphatic carbocycles. The summed E-state index contributed by atoms with van der Waals surface area (Å²) in [7, 11) is 3.16. The molecule has 0 heterocycles. The first kappa shape index (κ1) is 11.5. The van der Waals surface area contributed by atoms with Gasteiger partial charge in [0.25, 0.3) is 0 Å². The minimum absolute atomic E-state index is 0.0417. The van der Waals surface area contributed by atoms with Gasteiger partial charge in [-0.3, -0.25) is 0 Å². The van der Waals surface area contributed by atoms with Crippen molar-refractivity contribution in [2.75, 3.05) is 27.4 Å². The summed E-state index contributed by atoms with van der Waals surface area (Å²) in [6.07, 6.45) is 0. The summed E-state index contributed by atoms with van der Waals surface area (Å²) in [6.45, 7) is 0.180. The van der Waals surface area contributed by atoms with E-state index in [0.29, 0.717) is 17.2 Å². The standard InChI is InChI=1S/C10H14N2O3/c1-11-12-9-4-3-8(14-2)7-10(9)15-6-5-13/h3-4,7,13H,5-6H2,1-2H3/b12-11-. The molecule has 0 aromatic heterocycles.